The minimum absolute atomic E-state index is 0. The molecule has 47 heavy (non-hydrogen) atoms. The van der Waals surface area contributed by atoms with Crippen molar-refractivity contribution in [2.24, 2.45) is 5.92 Å². The van der Waals surface area contributed by atoms with Gasteiger partial charge in [0.2, 0.25) is 0 Å². The molecule has 2 rings (SSSR count). The second-order valence-electron chi connectivity index (χ2n) is 10.3. The Bertz CT molecular complexity index is 984. The summed E-state index contributed by atoms with van der Waals surface area (Å²) < 4.78 is 0. The lowest BCUT2D eigenvalue weighted by Gasteiger charge is -2.40. The summed E-state index contributed by atoms with van der Waals surface area (Å²) in [5.41, 5.74) is 0.331. The van der Waals surface area contributed by atoms with Crippen molar-refractivity contribution in [2.45, 2.75) is 77.1 Å². The van der Waals surface area contributed by atoms with E-state index >= 15 is 0 Å². The van der Waals surface area contributed by atoms with Crippen LogP contribution >= 0.6 is 0 Å². The number of aromatic carboxylic acids is 1. The average molecular weight is 683 g/mol. The highest BCUT2D eigenvalue weighted by molar-refractivity contribution is 5.87. The zero-order valence-corrected chi connectivity index (χ0v) is 26.8. The lowest BCUT2D eigenvalue weighted by molar-refractivity contribution is -0.165. The fraction of sp³-hybridized carbons (Fsp3) is 0.621. The van der Waals surface area contributed by atoms with Gasteiger partial charge >= 0.3 is 29.8 Å². The maximum Gasteiger partial charge on any atom is 0.335 e. The van der Waals surface area contributed by atoms with E-state index in [1.54, 1.807) is 30.3 Å². The van der Waals surface area contributed by atoms with Crippen LogP contribution in [0.3, 0.4) is 0 Å². The fourth-order valence-corrected chi connectivity index (χ4v) is 3.87. The third-order valence-electron chi connectivity index (χ3n) is 6.83. The number of aliphatic hydroxyl groups is 5. The highest BCUT2D eigenvalue weighted by Crippen LogP contribution is 2.22. The van der Waals surface area contributed by atoms with Crippen LogP contribution in [-0.4, -0.2) is 165 Å². The van der Waals surface area contributed by atoms with Crippen LogP contribution in [-0.2, 0) is 19.2 Å². The summed E-state index contributed by atoms with van der Waals surface area (Å²) in [6.07, 6.45) is -6.98. The molecule has 1 aliphatic rings. The summed E-state index contributed by atoms with van der Waals surface area (Å²) in [5, 5.41) is 83.3. The van der Waals surface area contributed by atoms with Crippen molar-refractivity contribution in [1.29, 1.82) is 0 Å². The Balaban J connectivity index is -0.000000568. The molecule has 1 heterocycles. The van der Waals surface area contributed by atoms with Gasteiger partial charge in [0, 0.05) is 12.6 Å². The van der Waals surface area contributed by atoms with E-state index in [4.69, 9.17) is 46.0 Å². The molecule has 0 amide bonds. The smallest absolute Gasteiger partial charge is 0.335 e. The number of carbonyl (C=O) groups is 5. The Morgan fingerprint density at radius 3 is 1.45 bits per heavy atom. The Morgan fingerprint density at radius 2 is 1.15 bits per heavy atom. The standard InChI is InChI=1S/C14H30N2O.C7H6O2.2C4H6O6.H2O/c1-5-15(6-2)8-7-9-16-11-12(3)14(17)10-13(16)4;8-7(9)6-4-2-1-3-5-6;2*5-1(3(7)8)2(6)4(9)10;/h12-14,17H,5-11H2,1-4H3;1-5H,(H,8,9);2*1-2,5-6H,(H,7,8)(H,9,10);1H2. The van der Waals surface area contributed by atoms with E-state index in [0.29, 0.717) is 17.5 Å². The summed E-state index contributed by atoms with van der Waals surface area (Å²) >= 11 is 0. The van der Waals surface area contributed by atoms with Crippen LogP contribution in [0.1, 0.15) is 50.9 Å². The number of piperidine rings is 1. The van der Waals surface area contributed by atoms with Gasteiger partial charge in [-0.25, -0.2) is 24.0 Å². The minimum Gasteiger partial charge on any atom is -0.479 e. The first-order chi connectivity index (χ1) is 21.3. The van der Waals surface area contributed by atoms with Gasteiger partial charge in [-0.05, 0) is 64.0 Å². The van der Waals surface area contributed by atoms with Crippen molar-refractivity contribution < 1.29 is 80.5 Å². The quantitative estimate of drug-likeness (QED) is 0.109. The number of aliphatic carboxylic acids is 4. The molecule has 0 aromatic heterocycles. The average Bonchev–Trinajstić information content (AvgIpc) is 3.01. The SMILES string of the molecule is CCN(CC)CCCN1CC(C)C(O)CC1C.O.O=C(O)C(O)C(O)C(=O)O.O=C(O)C(O)C(O)C(=O)O.O=C(O)c1ccccc1. The number of carboxylic acid groups (broad SMARTS) is 5. The number of nitrogens with zero attached hydrogens (tertiary/aromatic N) is 2. The van der Waals surface area contributed by atoms with Gasteiger partial charge in [0.15, 0.2) is 24.4 Å². The number of rotatable bonds is 13. The molecule has 1 saturated heterocycles. The summed E-state index contributed by atoms with van der Waals surface area (Å²) in [7, 11) is 0. The highest BCUT2D eigenvalue weighted by atomic mass is 16.4. The van der Waals surface area contributed by atoms with E-state index in [-0.39, 0.29) is 11.6 Å². The molecule has 7 atom stereocenters. The number of hydrogen-bond donors (Lipinski definition) is 10. The maximum absolute atomic E-state index is 10.2. The number of likely N-dealkylation sites (tertiary alicyclic amines) is 1. The van der Waals surface area contributed by atoms with Crippen molar-refractivity contribution in [3.05, 3.63) is 35.9 Å². The van der Waals surface area contributed by atoms with Gasteiger partial charge < -0.3 is 66.3 Å². The number of benzene rings is 1. The molecular formula is C29H50N2O16. The third kappa shape index (κ3) is 20.2. The number of aliphatic hydroxyl groups excluding tert-OH is 5. The molecule has 1 aliphatic heterocycles. The van der Waals surface area contributed by atoms with E-state index in [1.165, 1.54) is 19.5 Å². The molecule has 1 fully saturated rings. The second-order valence-corrected chi connectivity index (χ2v) is 10.3. The van der Waals surface area contributed by atoms with E-state index in [9.17, 15) is 29.1 Å². The van der Waals surface area contributed by atoms with E-state index in [0.717, 1.165) is 26.1 Å². The molecule has 0 bridgehead atoms. The molecule has 18 heteroatoms. The summed E-state index contributed by atoms with van der Waals surface area (Å²) in [6.45, 7) is 14.6. The van der Waals surface area contributed by atoms with Crippen molar-refractivity contribution in [1.82, 2.24) is 9.80 Å². The molecule has 7 unspecified atom stereocenters. The number of carboxylic acids is 5. The monoisotopic (exact) mass is 682 g/mol. The Morgan fingerprint density at radius 1 is 0.766 bits per heavy atom. The fourth-order valence-electron chi connectivity index (χ4n) is 3.87. The van der Waals surface area contributed by atoms with Crippen LogP contribution < -0.4 is 0 Å². The van der Waals surface area contributed by atoms with Gasteiger partial charge in [-0.2, -0.15) is 0 Å². The first kappa shape index (κ1) is 47.7. The van der Waals surface area contributed by atoms with Gasteiger partial charge in [-0.3, -0.25) is 0 Å². The third-order valence-corrected chi connectivity index (χ3v) is 6.83. The van der Waals surface area contributed by atoms with Crippen LogP contribution in [0.2, 0.25) is 0 Å². The van der Waals surface area contributed by atoms with Crippen molar-refractivity contribution in [3.8, 4) is 0 Å². The first-order valence-corrected chi connectivity index (χ1v) is 14.4. The molecule has 1 aromatic rings. The second kappa shape index (κ2) is 25.4. The van der Waals surface area contributed by atoms with Gasteiger partial charge in [0.25, 0.3) is 0 Å². The topological polar surface area (TPSA) is 326 Å². The Hall–Kier alpha value is -3.75. The molecule has 18 nitrogen and oxygen atoms in total. The molecule has 0 spiro atoms. The van der Waals surface area contributed by atoms with Crippen LogP contribution in [0, 0.1) is 5.92 Å². The normalized spacial score (nSPS) is 19.7. The van der Waals surface area contributed by atoms with Gasteiger partial charge in [-0.1, -0.05) is 39.0 Å². The van der Waals surface area contributed by atoms with Crippen molar-refractivity contribution in [2.75, 3.05) is 32.7 Å². The van der Waals surface area contributed by atoms with Crippen LogP contribution in [0.5, 0.6) is 0 Å². The lowest BCUT2D eigenvalue weighted by atomic mass is 9.92. The molecule has 272 valence electrons. The zero-order valence-electron chi connectivity index (χ0n) is 26.8. The number of hydrogen-bond acceptors (Lipinski definition) is 12. The summed E-state index contributed by atoms with van der Waals surface area (Å²) in [5.74, 6) is -7.52. The van der Waals surface area contributed by atoms with E-state index in [1.807, 2.05) is 0 Å². The minimum atomic E-state index is -2.27. The predicted octanol–water partition coefficient (Wildman–Crippen LogP) is -1.88. The summed E-state index contributed by atoms with van der Waals surface area (Å²) in [4.78, 5) is 54.3. The van der Waals surface area contributed by atoms with E-state index in [2.05, 4.69) is 37.5 Å². The molecule has 0 aliphatic carbocycles. The highest BCUT2D eigenvalue weighted by Gasteiger charge is 2.30. The van der Waals surface area contributed by atoms with E-state index < -0.39 is 54.3 Å². The van der Waals surface area contributed by atoms with Gasteiger partial charge in [0.1, 0.15) is 0 Å². The molecule has 0 radical (unpaired) electrons. The van der Waals surface area contributed by atoms with Crippen molar-refractivity contribution >= 4 is 29.8 Å². The Kier molecular flexibility index (Phi) is 25.7. The molecule has 12 N–H and O–H groups in total. The molecule has 0 saturated carbocycles. The zero-order chi connectivity index (χ0) is 36.1. The van der Waals surface area contributed by atoms with Crippen LogP contribution in [0.4, 0.5) is 0 Å². The predicted molar refractivity (Wildman–Crippen MR) is 165 cm³/mol. The van der Waals surface area contributed by atoms with Crippen LogP contribution in [0.25, 0.3) is 0 Å². The van der Waals surface area contributed by atoms with Gasteiger partial charge in [-0.15, -0.1) is 0 Å². The van der Waals surface area contributed by atoms with Gasteiger partial charge in [0.05, 0.1) is 11.7 Å². The Labute approximate surface area is 272 Å². The largest absolute Gasteiger partial charge is 0.479 e. The molecule has 1 aromatic carbocycles. The lowest BCUT2D eigenvalue weighted by Crippen LogP contribution is -2.48. The van der Waals surface area contributed by atoms with Crippen molar-refractivity contribution in [3.63, 3.8) is 0 Å². The summed E-state index contributed by atoms with van der Waals surface area (Å²) in [6, 6.07) is 8.84. The molecular weight excluding hydrogens is 632 g/mol. The first-order valence-electron chi connectivity index (χ1n) is 14.4. The maximum atomic E-state index is 10.2. The van der Waals surface area contributed by atoms with Crippen LogP contribution in [0.15, 0.2) is 30.3 Å².